The molecule has 1 aliphatic rings. The fourth-order valence-electron chi connectivity index (χ4n) is 3.70. The van der Waals surface area contributed by atoms with Gasteiger partial charge in [0.15, 0.2) is 0 Å². The standard InChI is InChI=1S/C19H26FN3/c1-4-9-22(3)12-15-8-10-23(13-15)18-11-14(2)21-19-16(18)6-5-7-17(19)20/h5-7,11,15H,4,8-10,12-13H2,1-3H3. The smallest absolute Gasteiger partial charge is 0.149 e. The van der Waals surface area contributed by atoms with E-state index < -0.39 is 0 Å². The SMILES string of the molecule is CCCN(C)CC1CCN(c2cc(C)nc3c(F)cccc23)C1. The van der Waals surface area contributed by atoms with Crippen molar-refractivity contribution in [3.05, 3.63) is 35.8 Å². The van der Waals surface area contributed by atoms with Gasteiger partial charge in [0.2, 0.25) is 0 Å². The fourth-order valence-corrected chi connectivity index (χ4v) is 3.70. The predicted molar refractivity (Wildman–Crippen MR) is 94.5 cm³/mol. The lowest BCUT2D eigenvalue weighted by Crippen LogP contribution is -2.29. The number of aromatic nitrogens is 1. The van der Waals surface area contributed by atoms with E-state index in [4.69, 9.17) is 0 Å². The van der Waals surface area contributed by atoms with Gasteiger partial charge in [0.05, 0.1) is 0 Å². The third kappa shape index (κ3) is 3.47. The van der Waals surface area contributed by atoms with Gasteiger partial charge < -0.3 is 9.80 Å². The van der Waals surface area contributed by atoms with Gasteiger partial charge in [-0.25, -0.2) is 9.37 Å². The number of rotatable bonds is 5. The molecule has 0 N–H and O–H groups in total. The number of hydrogen-bond acceptors (Lipinski definition) is 3. The lowest BCUT2D eigenvalue weighted by molar-refractivity contribution is 0.287. The van der Waals surface area contributed by atoms with Crippen molar-refractivity contribution in [2.45, 2.75) is 26.7 Å². The highest BCUT2D eigenvalue weighted by Crippen LogP contribution is 2.32. The zero-order valence-electron chi connectivity index (χ0n) is 14.3. The van der Waals surface area contributed by atoms with Crippen LogP contribution >= 0.6 is 0 Å². The van der Waals surface area contributed by atoms with Crippen LogP contribution in [-0.4, -0.2) is 43.1 Å². The third-order valence-corrected chi connectivity index (χ3v) is 4.70. The second kappa shape index (κ2) is 6.83. The molecule has 0 amide bonds. The average molecular weight is 315 g/mol. The molecule has 1 aliphatic heterocycles. The number of anilines is 1. The van der Waals surface area contributed by atoms with Gasteiger partial charge >= 0.3 is 0 Å². The molecule has 23 heavy (non-hydrogen) atoms. The lowest BCUT2D eigenvalue weighted by atomic mass is 10.1. The first-order valence-corrected chi connectivity index (χ1v) is 8.58. The van der Waals surface area contributed by atoms with E-state index in [0.717, 1.165) is 42.9 Å². The van der Waals surface area contributed by atoms with Crippen molar-refractivity contribution in [1.82, 2.24) is 9.88 Å². The van der Waals surface area contributed by atoms with Gasteiger partial charge in [0.1, 0.15) is 11.3 Å². The number of nitrogens with zero attached hydrogens (tertiary/aromatic N) is 3. The maximum Gasteiger partial charge on any atom is 0.149 e. The molecule has 1 atom stereocenters. The Balaban J connectivity index is 1.83. The minimum Gasteiger partial charge on any atom is -0.371 e. The molecule has 1 saturated heterocycles. The normalized spacial score (nSPS) is 18.3. The molecule has 1 aromatic heterocycles. The Labute approximate surface area is 138 Å². The van der Waals surface area contributed by atoms with Crippen LogP contribution in [0.3, 0.4) is 0 Å². The van der Waals surface area contributed by atoms with Crippen molar-refractivity contribution in [3.63, 3.8) is 0 Å². The molecule has 2 heterocycles. The molecule has 3 nitrogen and oxygen atoms in total. The molecule has 2 aromatic rings. The van der Waals surface area contributed by atoms with Crippen LogP contribution in [-0.2, 0) is 0 Å². The van der Waals surface area contributed by atoms with Crippen LogP contribution in [0.5, 0.6) is 0 Å². The first-order valence-electron chi connectivity index (χ1n) is 8.58. The van der Waals surface area contributed by atoms with E-state index >= 15 is 0 Å². The molecule has 0 spiro atoms. The minimum atomic E-state index is -0.231. The molecule has 124 valence electrons. The molecule has 1 aromatic carbocycles. The molecular formula is C19H26FN3. The van der Waals surface area contributed by atoms with Gasteiger partial charge in [-0.2, -0.15) is 0 Å². The Bertz CT molecular complexity index is 686. The fraction of sp³-hybridized carbons (Fsp3) is 0.526. The van der Waals surface area contributed by atoms with Crippen LogP contribution in [0.4, 0.5) is 10.1 Å². The number of fused-ring (bicyclic) bond motifs is 1. The summed E-state index contributed by atoms with van der Waals surface area (Å²) in [6.07, 6.45) is 2.40. The summed E-state index contributed by atoms with van der Waals surface area (Å²) in [6, 6.07) is 7.35. The third-order valence-electron chi connectivity index (χ3n) is 4.70. The van der Waals surface area contributed by atoms with Crippen LogP contribution < -0.4 is 4.90 Å². The first-order chi connectivity index (χ1) is 11.1. The van der Waals surface area contributed by atoms with E-state index in [-0.39, 0.29) is 5.82 Å². The number of para-hydroxylation sites is 1. The van der Waals surface area contributed by atoms with Crippen molar-refractivity contribution in [1.29, 1.82) is 0 Å². The van der Waals surface area contributed by atoms with E-state index in [1.807, 2.05) is 13.0 Å². The van der Waals surface area contributed by atoms with Gasteiger partial charge in [-0.05, 0) is 51.4 Å². The Morgan fingerprint density at radius 3 is 3.00 bits per heavy atom. The summed E-state index contributed by atoms with van der Waals surface area (Å²) in [5, 5.41) is 0.929. The van der Waals surface area contributed by atoms with Gasteiger partial charge in [-0.1, -0.05) is 19.1 Å². The molecule has 0 bridgehead atoms. The van der Waals surface area contributed by atoms with Crippen molar-refractivity contribution >= 4 is 16.6 Å². The van der Waals surface area contributed by atoms with E-state index in [9.17, 15) is 4.39 Å². The van der Waals surface area contributed by atoms with Crippen LogP contribution in [0, 0.1) is 18.7 Å². The topological polar surface area (TPSA) is 19.4 Å². The van der Waals surface area contributed by atoms with E-state index in [1.54, 1.807) is 6.07 Å². The van der Waals surface area contributed by atoms with Gasteiger partial charge in [-0.3, -0.25) is 0 Å². The molecule has 0 radical (unpaired) electrons. The number of benzene rings is 1. The summed E-state index contributed by atoms with van der Waals surface area (Å²) < 4.78 is 14.1. The van der Waals surface area contributed by atoms with Gasteiger partial charge in [0.25, 0.3) is 0 Å². The summed E-state index contributed by atoms with van der Waals surface area (Å²) in [5.41, 5.74) is 2.51. The molecule has 4 heteroatoms. The zero-order valence-corrected chi connectivity index (χ0v) is 14.3. The molecule has 3 rings (SSSR count). The summed E-state index contributed by atoms with van der Waals surface area (Å²) in [5.74, 6) is 0.453. The molecule has 0 saturated carbocycles. The highest BCUT2D eigenvalue weighted by molar-refractivity contribution is 5.92. The second-order valence-electron chi connectivity index (χ2n) is 6.78. The summed E-state index contributed by atoms with van der Waals surface area (Å²) in [4.78, 5) is 9.21. The van der Waals surface area contributed by atoms with E-state index in [1.165, 1.54) is 18.9 Å². The lowest BCUT2D eigenvalue weighted by Gasteiger charge is -2.23. The van der Waals surface area contributed by atoms with Crippen LogP contribution in [0.15, 0.2) is 24.3 Å². The maximum absolute atomic E-state index is 14.1. The minimum absolute atomic E-state index is 0.231. The van der Waals surface area contributed by atoms with Crippen LogP contribution in [0.25, 0.3) is 10.9 Å². The van der Waals surface area contributed by atoms with E-state index in [2.05, 4.69) is 34.8 Å². The predicted octanol–water partition coefficient (Wildman–Crippen LogP) is 3.85. The Hall–Kier alpha value is -1.68. The Kier molecular flexibility index (Phi) is 4.81. The van der Waals surface area contributed by atoms with Crippen molar-refractivity contribution in [2.24, 2.45) is 5.92 Å². The largest absolute Gasteiger partial charge is 0.371 e. The second-order valence-corrected chi connectivity index (χ2v) is 6.78. The number of aryl methyl sites for hydroxylation is 1. The highest BCUT2D eigenvalue weighted by atomic mass is 19.1. The summed E-state index contributed by atoms with van der Waals surface area (Å²) in [6.45, 7) is 8.54. The maximum atomic E-state index is 14.1. The van der Waals surface area contributed by atoms with Crippen molar-refractivity contribution in [3.8, 4) is 0 Å². The molecular weight excluding hydrogens is 289 g/mol. The monoisotopic (exact) mass is 315 g/mol. The highest BCUT2D eigenvalue weighted by Gasteiger charge is 2.25. The molecule has 1 fully saturated rings. The number of hydrogen-bond donors (Lipinski definition) is 0. The number of pyridine rings is 1. The number of halogens is 1. The summed E-state index contributed by atoms with van der Waals surface area (Å²) >= 11 is 0. The quantitative estimate of drug-likeness (QED) is 0.835. The van der Waals surface area contributed by atoms with Crippen molar-refractivity contribution < 1.29 is 4.39 Å². The Morgan fingerprint density at radius 2 is 2.22 bits per heavy atom. The average Bonchev–Trinajstić information content (AvgIpc) is 2.96. The zero-order chi connectivity index (χ0) is 16.4. The molecule has 0 aliphatic carbocycles. The van der Waals surface area contributed by atoms with E-state index in [0.29, 0.717) is 11.4 Å². The molecule has 1 unspecified atom stereocenters. The van der Waals surface area contributed by atoms with Crippen LogP contribution in [0.2, 0.25) is 0 Å². The Morgan fingerprint density at radius 1 is 1.39 bits per heavy atom. The summed E-state index contributed by atoms with van der Waals surface area (Å²) in [7, 11) is 2.20. The first kappa shape index (κ1) is 16.2. The van der Waals surface area contributed by atoms with Crippen molar-refractivity contribution in [2.75, 3.05) is 38.1 Å². The van der Waals surface area contributed by atoms with Crippen LogP contribution in [0.1, 0.15) is 25.5 Å². The van der Waals surface area contributed by atoms with Gasteiger partial charge in [0, 0.05) is 36.4 Å². The van der Waals surface area contributed by atoms with Gasteiger partial charge in [-0.15, -0.1) is 0 Å².